The quantitative estimate of drug-likeness (QED) is 0.711. The minimum absolute atomic E-state index is 0.277. The maximum atomic E-state index is 13.7. The first-order chi connectivity index (χ1) is 12.3. The highest BCUT2D eigenvalue weighted by molar-refractivity contribution is 9.10. The average Bonchev–Trinajstić information content (AvgIpc) is 2.61. The number of halogens is 4. The van der Waals surface area contributed by atoms with E-state index in [1.165, 1.54) is 17.3 Å². The molecule has 9 heteroatoms. The molecule has 0 atom stereocenters. The second kappa shape index (κ2) is 8.79. The number of pyridine rings is 1. The Morgan fingerprint density at radius 2 is 1.92 bits per heavy atom. The number of hydrogen-bond donors (Lipinski definition) is 1. The Bertz CT molecular complexity index is 833. The van der Waals surface area contributed by atoms with Crippen molar-refractivity contribution in [1.82, 2.24) is 9.88 Å². The summed E-state index contributed by atoms with van der Waals surface area (Å²) in [7, 11) is 0. The van der Waals surface area contributed by atoms with Gasteiger partial charge in [-0.25, -0.2) is 13.2 Å². The van der Waals surface area contributed by atoms with Crippen LogP contribution in [0.15, 0.2) is 35.1 Å². The van der Waals surface area contributed by atoms with Gasteiger partial charge in [-0.1, -0.05) is 6.92 Å². The molecule has 0 aliphatic rings. The summed E-state index contributed by atoms with van der Waals surface area (Å²) in [6, 6.07) is 3.18. The van der Waals surface area contributed by atoms with E-state index in [2.05, 4.69) is 26.2 Å². The number of nitrogens with zero attached hydrogens (tertiary/aromatic N) is 2. The highest BCUT2D eigenvalue weighted by atomic mass is 79.9. The van der Waals surface area contributed by atoms with E-state index in [9.17, 15) is 22.8 Å². The van der Waals surface area contributed by atoms with Crippen LogP contribution in [0.3, 0.4) is 0 Å². The van der Waals surface area contributed by atoms with Crippen LogP contribution >= 0.6 is 15.9 Å². The van der Waals surface area contributed by atoms with Gasteiger partial charge in [0, 0.05) is 23.4 Å². The first-order valence-electron chi connectivity index (χ1n) is 7.66. The van der Waals surface area contributed by atoms with Crippen LogP contribution in [-0.4, -0.2) is 34.8 Å². The van der Waals surface area contributed by atoms with Crippen molar-refractivity contribution in [1.29, 1.82) is 0 Å². The zero-order chi connectivity index (χ0) is 19.3. The third kappa shape index (κ3) is 4.81. The number of rotatable bonds is 6. The smallest absolute Gasteiger partial charge is 0.255 e. The highest BCUT2D eigenvalue weighted by Crippen LogP contribution is 2.19. The molecule has 0 aliphatic carbocycles. The Labute approximate surface area is 156 Å². The Balaban J connectivity index is 2.13. The van der Waals surface area contributed by atoms with Crippen LogP contribution in [0.5, 0.6) is 0 Å². The molecule has 0 spiro atoms. The van der Waals surface area contributed by atoms with Gasteiger partial charge in [-0.05, 0) is 40.5 Å². The Morgan fingerprint density at radius 3 is 2.58 bits per heavy atom. The van der Waals surface area contributed by atoms with Crippen LogP contribution < -0.4 is 5.32 Å². The van der Waals surface area contributed by atoms with Gasteiger partial charge < -0.3 is 10.2 Å². The molecule has 0 fully saturated rings. The summed E-state index contributed by atoms with van der Waals surface area (Å²) in [6.07, 6.45) is 3.46. The van der Waals surface area contributed by atoms with Crippen molar-refractivity contribution >= 4 is 33.4 Å². The Morgan fingerprint density at radius 1 is 1.19 bits per heavy atom. The normalized spacial score (nSPS) is 10.5. The molecule has 1 N–H and O–H groups in total. The van der Waals surface area contributed by atoms with E-state index >= 15 is 0 Å². The molecule has 138 valence electrons. The lowest BCUT2D eigenvalue weighted by molar-refractivity contribution is -0.116. The molecule has 0 saturated carbocycles. The van der Waals surface area contributed by atoms with E-state index < -0.39 is 35.0 Å². The fourth-order valence-corrected chi connectivity index (χ4v) is 2.58. The van der Waals surface area contributed by atoms with Gasteiger partial charge in [-0.3, -0.25) is 14.6 Å². The number of nitrogens with one attached hydrogen (secondary N) is 1. The minimum Gasteiger partial charge on any atom is -0.329 e. The lowest BCUT2D eigenvalue weighted by atomic mass is 10.2. The highest BCUT2D eigenvalue weighted by Gasteiger charge is 2.21. The maximum Gasteiger partial charge on any atom is 0.255 e. The van der Waals surface area contributed by atoms with Crippen molar-refractivity contribution in [3.8, 4) is 0 Å². The zero-order valence-electron chi connectivity index (χ0n) is 13.7. The Kier molecular flexibility index (Phi) is 6.73. The van der Waals surface area contributed by atoms with Gasteiger partial charge in [0.2, 0.25) is 5.91 Å². The number of carbonyl (C=O) groups is 2. The lowest BCUT2D eigenvalue weighted by Gasteiger charge is -2.21. The molecule has 0 radical (unpaired) electrons. The molecular formula is C17H15BrF3N3O2. The van der Waals surface area contributed by atoms with E-state index in [0.29, 0.717) is 17.0 Å². The summed E-state index contributed by atoms with van der Waals surface area (Å²) in [5.41, 5.74) is -0.221. The summed E-state index contributed by atoms with van der Waals surface area (Å²) < 4.78 is 40.4. The van der Waals surface area contributed by atoms with Crippen molar-refractivity contribution in [3.05, 3.63) is 58.1 Å². The average molecular weight is 430 g/mol. The number of carbonyl (C=O) groups excluding carboxylic acids is 2. The van der Waals surface area contributed by atoms with E-state index in [1.54, 1.807) is 6.07 Å². The summed E-state index contributed by atoms with van der Waals surface area (Å²) in [5.74, 6) is -5.70. The van der Waals surface area contributed by atoms with Gasteiger partial charge in [0.25, 0.3) is 5.91 Å². The van der Waals surface area contributed by atoms with Gasteiger partial charge in [0.1, 0.15) is 6.54 Å². The molecular weight excluding hydrogens is 415 g/mol. The molecule has 0 aliphatic heterocycles. The van der Waals surface area contributed by atoms with Crippen LogP contribution in [0, 0.1) is 17.5 Å². The van der Waals surface area contributed by atoms with Gasteiger partial charge in [-0.15, -0.1) is 0 Å². The molecule has 2 amide bonds. The number of amides is 2. The van der Waals surface area contributed by atoms with Crippen LogP contribution in [-0.2, 0) is 4.79 Å². The SMILES string of the molecule is CCCN(CC(=O)Nc1ccc(F)c(F)c1F)C(=O)c1cncc(Br)c1. The molecule has 0 unspecified atom stereocenters. The van der Waals surface area contributed by atoms with E-state index in [-0.39, 0.29) is 18.7 Å². The molecule has 1 aromatic carbocycles. The van der Waals surface area contributed by atoms with E-state index in [0.717, 1.165) is 6.07 Å². The summed E-state index contributed by atoms with van der Waals surface area (Å²) in [4.78, 5) is 29.8. The summed E-state index contributed by atoms with van der Waals surface area (Å²) >= 11 is 3.21. The summed E-state index contributed by atoms with van der Waals surface area (Å²) in [6.45, 7) is 1.73. The van der Waals surface area contributed by atoms with Crippen molar-refractivity contribution in [2.24, 2.45) is 0 Å². The number of anilines is 1. The maximum absolute atomic E-state index is 13.7. The summed E-state index contributed by atoms with van der Waals surface area (Å²) in [5, 5.41) is 2.15. The van der Waals surface area contributed by atoms with Gasteiger partial charge in [0.15, 0.2) is 17.5 Å². The zero-order valence-corrected chi connectivity index (χ0v) is 15.3. The standard InChI is InChI=1S/C17H15BrF3N3O2/c1-2-5-24(17(26)10-6-11(18)8-22-7-10)9-14(25)23-13-4-3-12(19)15(20)16(13)21/h3-4,6-8H,2,5,9H2,1H3,(H,23,25). The molecule has 0 bridgehead atoms. The van der Waals surface area contributed by atoms with Crippen molar-refractivity contribution < 1.29 is 22.8 Å². The predicted octanol–water partition coefficient (Wildman–Crippen LogP) is 3.75. The number of hydrogen-bond acceptors (Lipinski definition) is 3. The topological polar surface area (TPSA) is 62.3 Å². The monoisotopic (exact) mass is 429 g/mol. The third-order valence-corrected chi connectivity index (χ3v) is 3.81. The Hall–Kier alpha value is -2.42. The van der Waals surface area contributed by atoms with Crippen LogP contribution in [0.4, 0.5) is 18.9 Å². The molecule has 0 saturated heterocycles. The van der Waals surface area contributed by atoms with Crippen LogP contribution in [0.1, 0.15) is 23.7 Å². The second-order valence-electron chi connectivity index (χ2n) is 5.39. The van der Waals surface area contributed by atoms with Gasteiger partial charge in [-0.2, -0.15) is 0 Å². The van der Waals surface area contributed by atoms with Crippen molar-refractivity contribution in [2.45, 2.75) is 13.3 Å². The third-order valence-electron chi connectivity index (χ3n) is 3.38. The number of aromatic nitrogens is 1. The second-order valence-corrected chi connectivity index (χ2v) is 6.31. The van der Waals surface area contributed by atoms with Crippen molar-refractivity contribution in [3.63, 3.8) is 0 Å². The fraction of sp³-hybridized carbons (Fsp3) is 0.235. The van der Waals surface area contributed by atoms with Gasteiger partial charge >= 0.3 is 0 Å². The lowest BCUT2D eigenvalue weighted by Crippen LogP contribution is -2.38. The largest absolute Gasteiger partial charge is 0.329 e. The molecule has 1 aromatic heterocycles. The molecule has 2 rings (SSSR count). The molecule has 2 aromatic rings. The predicted molar refractivity (Wildman–Crippen MR) is 93.1 cm³/mol. The van der Waals surface area contributed by atoms with E-state index in [4.69, 9.17) is 0 Å². The molecule has 1 heterocycles. The first kappa shape index (κ1) is 19.9. The number of benzene rings is 1. The van der Waals surface area contributed by atoms with Crippen LogP contribution in [0.2, 0.25) is 0 Å². The van der Waals surface area contributed by atoms with Crippen molar-refractivity contribution in [2.75, 3.05) is 18.4 Å². The van der Waals surface area contributed by atoms with Gasteiger partial charge in [0.05, 0.1) is 11.3 Å². The first-order valence-corrected chi connectivity index (χ1v) is 8.46. The molecule has 5 nitrogen and oxygen atoms in total. The molecule has 26 heavy (non-hydrogen) atoms. The minimum atomic E-state index is -1.68. The van der Waals surface area contributed by atoms with Crippen LogP contribution in [0.25, 0.3) is 0 Å². The fourth-order valence-electron chi connectivity index (χ4n) is 2.22. The van der Waals surface area contributed by atoms with E-state index in [1.807, 2.05) is 6.92 Å².